The van der Waals surface area contributed by atoms with E-state index in [1.54, 1.807) is 6.20 Å². The number of hydrogen-bond acceptors (Lipinski definition) is 7. The molecule has 0 N–H and O–H groups in total. The lowest BCUT2D eigenvalue weighted by atomic mass is 10.1. The lowest BCUT2D eigenvalue weighted by Gasteiger charge is -2.34. The number of oxazole rings is 1. The Labute approximate surface area is 168 Å². The smallest absolute Gasteiger partial charge is 0.223 e. The quantitative estimate of drug-likeness (QED) is 0.659. The molecule has 1 aromatic carbocycles. The van der Waals surface area contributed by atoms with Gasteiger partial charge in [-0.1, -0.05) is 29.8 Å². The van der Waals surface area contributed by atoms with Crippen LogP contribution in [0.4, 0.5) is 5.13 Å². The van der Waals surface area contributed by atoms with Crippen molar-refractivity contribution in [2.24, 2.45) is 0 Å². The Balaban J connectivity index is 1.27. The van der Waals surface area contributed by atoms with Crippen LogP contribution in [0.5, 0.6) is 0 Å². The van der Waals surface area contributed by atoms with Crippen LogP contribution in [0.25, 0.3) is 11.3 Å². The zero-order chi connectivity index (χ0) is 19.5. The minimum Gasteiger partial charge on any atom is -0.441 e. The number of aryl methyl sites for hydroxylation is 3. The van der Waals surface area contributed by atoms with E-state index in [1.165, 1.54) is 17.1 Å². The van der Waals surface area contributed by atoms with Gasteiger partial charge in [-0.15, -0.1) is 0 Å². The molecule has 1 aliphatic rings. The first-order valence-corrected chi connectivity index (χ1v) is 10.2. The van der Waals surface area contributed by atoms with Gasteiger partial charge in [0.2, 0.25) is 11.0 Å². The lowest BCUT2D eigenvalue weighted by Crippen LogP contribution is -2.48. The summed E-state index contributed by atoms with van der Waals surface area (Å²) in [6.45, 7) is 6.94. The average molecular weight is 398 g/mol. The first kappa shape index (κ1) is 18.6. The maximum absolute atomic E-state index is 12.5. The normalized spacial score (nSPS) is 14.5. The number of hydrogen-bond donors (Lipinski definition) is 0. The van der Waals surface area contributed by atoms with E-state index in [0.29, 0.717) is 31.8 Å². The molecule has 0 unspecified atom stereocenters. The molecule has 28 heavy (non-hydrogen) atoms. The van der Waals surface area contributed by atoms with E-state index in [-0.39, 0.29) is 5.91 Å². The molecule has 0 atom stereocenters. The number of carbonyl (C=O) groups is 1. The van der Waals surface area contributed by atoms with Crippen molar-refractivity contribution in [3.05, 3.63) is 47.7 Å². The van der Waals surface area contributed by atoms with Crippen molar-refractivity contribution in [1.29, 1.82) is 0 Å². The summed E-state index contributed by atoms with van der Waals surface area (Å²) in [5.41, 5.74) is 2.20. The van der Waals surface area contributed by atoms with Crippen molar-refractivity contribution in [1.82, 2.24) is 19.2 Å². The second-order valence-corrected chi connectivity index (χ2v) is 7.71. The van der Waals surface area contributed by atoms with Crippen LogP contribution in [0, 0.1) is 13.8 Å². The number of rotatable bonds is 5. The van der Waals surface area contributed by atoms with Crippen molar-refractivity contribution in [3.63, 3.8) is 0 Å². The summed E-state index contributed by atoms with van der Waals surface area (Å²) in [4.78, 5) is 25.4. The zero-order valence-electron chi connectivity index (χ0n) is 16.1. The van der Waals surface area contributed by atoms with Crippen LogP contribution in [-0.2, 0) is 11.2 Å². The van der Waals surface area contributed by atoms with Gasteiger partial charge in [-0.3, -0.25) is 4.79 Å². The van der Waals surface area contributed by atoms with Crippen molar-refractivity contribution in [2.75, 3.05) is 31.1 Å². The molecule has 1 saturated heterocycles. The lowest BCUT2D eigenvalue weighted by molar-refractivity contribution is -0.131. The first-order valence-electron chi connectivity index (χ1n) is 9.43. The number of amides is 1. The van der Waals surface area contributed by atoms with Crippen LogP contribution in [0.3, 0.4) is 0 Å². The Morgan fingerprint density at radius 1 is 1.14 bits per heavy atom. The van der Waals surface area contributed by atoms with Crippen LogP contribution in [-0.4, -0.2) is 51.3 Å². The molecule has 0 radical (unpaired) electrons. The SMILES string of the molecule is Cc1ccc(-c2cnc(CCC(=O)N3CCN(c4nc(C)ns4)CC3)o2)cc1. The molecule has 3 heterocycles. The average Bonchev–Trinajstić information content (AvgIpc) is 3.36. The van der Waals surface area contributed by atoms with E-state index < -0.39 is 0 Å². The van der Waals surface area contributed by atoms with Crippen LogP contribution in [0.15, 0.2) is 34.9 Å². The summed E-state index contributed by atoms with van der Waals surface area (Å²) in [6.07, 6.45) is 2.65. The van der Waals surface area contributed by atoms with E-state index in [0.717, 1.165) is 35.4 Å². The maximum atomic E-state index is 12.5. The molecule has 3 aromatic rings. The third-order valence-electron chi connectivity index (χ3n) is 4.86. The van der Waals surface area contributed by atoms with Gasteiger partial charge in [0, 0.05) is 56.1 Å². The zero-order valence-corrected chi connectivity index (χ0v) is 16.9. The highest BCUT2D eigenvalue weighted by molar-refractivity contribution is 7.09. The number of benzene rings is 1. The van der Waals surface area contributed by atoms with E-state index in [1.807, 2.05) is 36.1 Å². The van der Waals surface area contributed by atoms with E-state index in [9.17, 15) is 4.79 Å². The van der Waals surface area contributed by atoms with Crippen LogP contribution < -0.4 is 4.90 Å². The molecule has 1 aliphatic heterocycles. The highest BCUT2D eigenvalue weighted by atomic mass is 32.1. The van der Waals surface area contributed by atoms with E-state index >= 15 is 0 Å². The predicted molar refractivity (Wildman–Crippen MR) is 108 cm³/mol. The van der Waals surface area contributed by atoms with Gasteiger partial charge in [0.1, 0.15) is 5.82 Å². The van der Waals surface area contributed by atoms with Crippen molar-refractivity contribution < 1.29 is 9.21 Å². The van der Waals surface area contributed by atoms with Gasteiger partial charge in [0.25, 0.3) is 0 Å². The molecular formula is C20H23N5O2S. The third kappa shape index (κ3) is 4.22. The van der Waals surface area contributed by atoms with Crippen molar-refractivity contribution in [3.8, 4) is 11.3 Å². The van der Waals surface area contributed by atoms with Gasteiger partial charge in [0.15, 0.2) is 11.7 Å². The topological polar surface area (TPSA) is 75.4 Å². The minimum absolute atomic E-state index is 0.142. The molecule has 1 amide bonds. The Morgan fingerprint density at radius 2 is 1.89 bits per heavy atom. The third-order valence-corrected chi connectivity index (χ3v) is 5.73. The fourth-order valence-electron chi connectivity index (χ4n) is 3.21. The van der Waals surface area contributed by atoms with Gasteiger partial charge < -0.3 is 14.2 Å². The Hall–Kier alpha value is -2.74. The summed E-state index contributed by atoms with van der Waals surface area (Å²) in [6, 6.07) is 8.13. The molecule has 1 fully saturated rings. The Kier molecular flexibility index (Phi) is 5.38. The van der Waals surface area contributed by atoms with Gasteiger partial charge >= 0.3 is 0 Å². The van der Waals surface area contributed by atoms with Gasteiger partial charge in [-0.2, -0.15) is 4.37 Å². The molecule has 0 saturated carbocycles. The Bertz CT molecular complexity index is 942. The van der Waals surface area contributed by atoms with Gasteiger partial charge in [0.05, 0.1) is 6.20 Å². The second kappa shape index (κ2) is 8.10. The number of anilines is 1. The molecule has 4 rings (SSSR count). The molecule has 146 valence electrons. The summed E-state index contributed by atoms with van der Waals surface area (Å²) < 4.78 is 10.0. The molecule has 8 heteroatoms. The maximum Gasteiger partial charge on any atom is 0.223 e. The highest BCUT2D eigenvalue weighted by Gasteiger charge is 2.23. The first-order chi connectivity index (χ1) is 13.6. The van der Waals surface area contributed by atoms with E-state index in [2.05, 4.69) is 26.2 Å². The van der Waals surface area contributed by atoms with E-state index in [4.69, 9.17) is 4.42 Å². The molecule has 0 bridgehead atoms. The molecule has 2 aromatic heterocycles. The van der Waals surface area contributed by atoms with Crippen molar-refractivity contribution >= 4 is 22.6 Å². The minimum atomic E-state index is 0.142. The van der Waals surface area contributed by atoms with Gasteiger partial charge in [-0.05, 0) is 13.8 Å². The highest BCUT2D eigenvalue weighted by Crippen LogP contribution is 2.22. The fourth-order valence-corrected chi connectivity index (χ4v) is 3.94. The van der Waals surface area contributed by atoms with Gasteiger partial charge in [-0.25, -0.2) is 9.97 Å². The second-order valence-electron chi connectivity index (χ2n) is 6.98. The van der Waals surface area contributed by atoms with Crippen LogP contribution in [0.1, 0.15) is 23.7 Å². The monoisotopic (exact) mass is 397 g/mol. The number of carbonyl (C=O) groups excluding carboxylic acids is 1. The largest absolute Gasteiger partial charge is 0.441 e. The summed E-state index contributed by atoms with van der Waals surface area (Å²) >= 11 is 1.42. The number of piperazine rings is 1. The number of aromatic nitrogens is 3. The van der Waals surface area contributed by atoms with Crippen LogP contribution >= 0.6 is 11.5 Å². The summed E-state index contributed by atoms with van der Waals surface area (Å²) in [5.74, 6) is 2.29. The number of nitrogens with zero attached hydrogens (tertiary/aromatic N) is 5. The molecule has 7 nitrogen and oxygen atoms in total. The fraction of sp³-hybridized carbons (Fsp3) is 0.400. The molecule has 0 spiro atoms. The molecule has 0 aliphatic carbocycles. The Morgan fingerprint density at radius 3 is 2.57 bits per heavy atom. The summed E-state index contributed by atoms with van der Waals surface area (Å²) in [5, 5.41) is 0.938. The predicted octanol–water partition coefficient (Wildman–Crippen LogP) is 3.09. The van der Waals surface area contributed by atoms with Crippen molar-refractivity contribution in [2.45, 2.75) is 26.7 Å². The standard InChI is InChI=1S/C20H23N5O2S/c1-14-3-5-16(6-4-14)17-13-21-18(27-17)7-8-19(26)24-9-11-25(12-10-24)20-22-15(2)23-28-20/h3-6,13H,7-12H2,1-2H3. The van der Waals surface area contributed by atoms with Crippen LogP contribution in [0.2, 0.25) is 0 Å². The molecular weight excluding hydrogens is 374 g/mol. The summed E-state index contributed by atoms with van der Waals surface area (Å²) in [7, 11) is 0.